The van der Waals surface area contributed by atoms with Crippen molar-refractivity contribution in [2.75, 3.05) is 26.2 Å². The van der Waals surface area contributed by atoms with Crippen molar-refractivity contribution < 1.29 is 4.74 Å². The third-order valence-corrected chi connectivity index (χ3v) is 5.27. The summed E-state index contributed by atoms with van der Waals surface area (Å²) in [5, 5.41) is 0. The molecule has 0 radical (unpaired) electrons. The minimum atomic E-state index is 0.356. The van der Waals surface area contributed by atoms with Gasteiger partial charge in [-0.2, -0.15) is 0 Å². The van der Waals surface area contributed by atoms with Gasteiger partial charge < -0.3 is 10.5 Å². The molecule has 0 bridgehead atoms. The molecule has 3 nitrogen and oxygen atoms in total. The van der Waals surface area contributed by atoms with E-state index in [-0.39, 0.29) is 0 Å². The lowest BCUT2D eigenvalue weighted by molar-refractivity contribution is -0.0506. The van der Waals surface area contributed by atoms with Gasteiger partial charge in [-0.1, -0.05) is 30.3 Å². The first-order valence-corrected chi connectivity index (χ1v) is 8.38. The van der Waals surface area contributed by atoms with Crippen LogP contribution in [0, 0.1) is 5.92 Å². The summed E-state index contributed by atoms with van der Waals surface area (Å²) in [6.45, 7) is 5.99. The van der Waals surface area contributed by atoms with Gasteiger partial charge in [-0.3, -0.25) is 4.90 Å². The number of nitrogens with zero attached hydrogens (tertiary/aromatic N) is 1. The van der Waals surface area contributed by atoms with Crippen molar-refractivity contribution in [3.05, 3.63) is 35.9 Å². The maximum atomic E-state index is 6.06. The van der Waals surface area contributed by atoms with Gasteiger partial charge in [0.05, 0.1) is 12.7 Å². The zero-order valence-electron chi connectivity index (χ0n) is 13.1. The largest absolute Gasteiger partial charge is 0.376 e. The van der Waals surface area contributed by atoms with E-state index < -0.39 is 0 Å². The van der Waals surface area contributed by atoms with Crippen molar-refractivity contribution in [2.45, 2.75) is 44.2 Å². The molecule has 1 aliphatic carbocycles. The van der Waals surface area contributed by atoms with Crippen LogP contribution in [0.3, 0.4) is 0 Å². The summed E-state index contributed by atoms with van der Waals surface area (Å²) in [6, 6.07) is 11.6. The molecular weight excluding hydrogens is 260 g/mol. The van der Waals surface area contributed by atoms with E-state index in [0.29, 0.717) is 24.0 Å². The number of ether oxygens (including phenoxy) is 1. The van der Waals surface area contributed by atoms with Gasteiger partial charge in [-0.05, 0) is 50.1 Å². The van der Waals surface area contributed by atoms with Crippen molar-refractivity contribution >= 4 is 0 Å². The zero-order chi connectivity index (χ0) is 14.7. The Balaban J connectivity index is 1.72. The van der Waals surface area contributed by atoms with E-state index in [1.807, 2.05) is 0 Å². The maximum Gasteiger partial charge on any atom is 0.0674 e. The smallest absolute Gasteiger partial charge is 0.0674 e. The van der Waals surface area contributed by atoms with Gasteiger partial charge in [0.1, 0.15) is 0 Å². The molecule has 1 saturated carbocycles. The zero-order valence-corrected chi connectivity index (χ0v) is 13.1. The molecule has 2 fully saturated rings. The Hall–Kier alpha value is -0.900. The fourth-order valence-corrected chi connectivity index (χ4v) is 4.11. The normalized spacial score (nSPS) is 34.8. The lowest BCUT2D eigenvalue weighted by atomic mass is 9.74. The van der Waals surface area contributed by atoms with Crippen LogP contribution in [0.5, 0.6) is 0 Å². The minimum absolute atomic E-state index is 0.356. The number of nitrogens with two attached hydrogens (primary N) is 1. The highest BCUT2D eigenvalue weighted by molar-refractivity contribution is 5.20. The Morgan fingerprint density at radius 1 is 1.24 bits per heavy atom. The predicted octanol–water partition coefficient (Wildman–Crippen LogP) is 2.62. The third kappa shape index (κ3) is 3.47. The van der Waals surface area contributed by atoms with Crippen molar-refractivity contribution in [1.29, 1.82) is 0 Å². The first-order chi connectivity index (χ1) is 10.3. The van der Waals surface area contributed by atoms with Gasteiger partial charge in [0, 0.05) is 19.1 Å². The predicted molar refractivity (Wildman–Crippen MR) is 86.4 cm³/mol. The van der Waals surface area contributed by atoms with Crippen LogP contribution in [-0.2, 0) is 4.74 Å². The first kappa shape index (κ1) is 15.0. The molecule has 4 atom stereocenters. The fraction of sp³-hybridized carbons (Fsp3) is 0.667. The van der Waals surface area contributed by atoms with Gasteiger partial charge in [0.25, 0.3) is 0 Å². The quantitative estimate of drug-likeness (QED) is 0.929. The molecule has 1 aromatic rings. The molecule has 1 aliphatic heterocycles. The summed E-state index contributed by atoms with van der Waals surface area (Å²) < 4.78 is 5.71. The molecule has 1 saturated heterocycles. The Morgan fingerprint density at radius 2 is 2.05 bits per heavy atom. The number of hydrogen-bond donors (Lipinski definition) is 1. The maximum absolute atomic E-state index is 6.06. The van der Waals surface area contributed by atoms with Crippen LogP contribution in [0.1, 0.15) is 37.7 Å². The Kier molecular flexibility index (Phi) is 4.94. The molecule has 1 aromatic carbocycles. The van der Waals surface area contributed by atoms with Gasteiger partial charge in [-0.15, -0.1) is 0 Å². The molecule has 116 valence electrons. The fourth-order valence-electron chi connectivity index (χ4n) is 4.11. The first-order valence-electron chi connectivity index (χ1n) is 8.38. The van der Waals surface area contributed by atoms with E-state index in [0.717, 1.165) is 26.2 Å². The number of rotatable bonds is 3. The van der Waals surface area contributed by atoms with E-state index in [1.165, 1.54) is 24.8 Å². The molecule has 3 heteroatoms. The standard InChI is InChI=1S/C18H28N2O/c1-14-13-20(9-10-21-14)18-11-16(7-8-17(18)12-19)15-5-3-2-4-6-15/h2-6,14,16-18H,7-13,19H2,1H3. The highest BCUT2D eigenvalue weighted by Crippen LogP contribution is 2.38. The van der Waals surface area contributed by atoms with Crippen LogP contribution in [0.15, 0.2) is 30.3 Å². The van der Waals surface area contributed by atoms with Gasteiger partial charge in [0.15, 0.2) is 0 Å². The molecule has 3 rings (SSSR count). The molecule has 2 N–H and O–H groups in total. The summed E-state index contributed by atoms with van der Waals surface area (Å²) in [4.78, 5) is 2.64. The van der Waals surface area contributed by atoms with Gasteiger partial charge in [0.2, 0.25) is 0 Å². The van der Waals surface area contributed by atoms with E-state index in [1.54, 1.807) is 0 Å². The van der Waals surface area contributed by atoms with Crippen LogP contribution in [0.4, 0.5) is 0 Å². The lowest BCUT2D eigenvalue weighted by Gasteiger charge is -2.45. The molecule has 0 aromatic heterocycles. The lowest BCUT2D eigenvalue weighted by Crippen LogP contribution is -2.52. The SMILES string of the molecule is CC1CN(C2CC(c3ccccc3)CCC2CN)CCO1. The van der Waals surface area contributed by atoms with Crippen LogP contribution in [0.2, 0.25) is 0 Å². The van der Waals surface area contributed by atoms with E-state index in [4.69, 9.17) is 10.5 Å². The van der Waals surface area contributed by atoms with Crippen LogP contribution in [0.25, 0.3) is 0 Å². The molecule has 2 aliphatic rings. The number of hydrogen-bond acceptors (Lipinski definition) is 3. The molecule has 21 heavy (non-hydrogen) atoms. The second-order valence-corrected chi connectivity index (χ2v) is 6.66. The van der Waals surface area contributed by atoms with Crippen LogP contribution >= 0.6 is 0 Å². The summed E-state index contributed by atoms with van der Waals surface area (Å²) >= 11 is 0. The molecule has 1 heterocycles. The van der Waals surface area contributed by atoms with Crippen LogP contribution < -0.4 is 5.73 Å². The Morgan fingerprint density at radius 3 is 2.76 bits per heavy atom. The van der Waals surface area contributed by atoms with Crippen molar-refractivity contribution in [2.24, 2.45) is 11.7 Å². The summed E-state index contributed by atoms with van der Waals surface area (Å²) in [5.41, 5.74) is 7.56. The number of morpholine rings is 1. The Bertz CT molecular complexity index is 436. The Labute approximate surface area is 128 Å². The van der Waals surface area contributed by atoms with Crippen LogP contribution in [-0.4, -0.2) is 43.3 Å². The minimum Gasteiger partial charge on any atom is -0.376 e. The monoisotopic (exact) mass is 288 g/mol. The summed E-state index contributed by atoms with van der Waals surface area (Å²) in [7, 11) is 0. The van der Waals surface area contributed by atoms with Crippen molar-refractivity contribution in [3.63, 3.8) is 0 Å². The summed E-state index contributed by atoms with van der Waals surface area (Å²) in [6.07, 6.45) is 4.14. The number of benzene rings is 1. The van der Waals surface area contributed by atoms with E-state index in [2.05, 4.69) is 42.2 Å². The average Bonchev–Trinajstić information content (AvgIpc) is 2.55. The van der Waals surface area contributed by atoms with Crippen molar-refractivity contribution in [1.82, 2.24) is 4.90 Å². The highest BCUT2D eigenvalue weighted by Gasteiger charge is 2.35. The average molecular weight is 288 g/mol. The van der Waals surface area contributed by atoms with Crippen molar-refractivity contribution in [3.8, 4) is 0 Å². The highest BCUT2D eigenvalue weighted by atomic mass is 16.5. The molecule has 4 unspecified atom stereocenters. The topological polar surface area (TPSA) is 38.5 Å². The van der Waals surface area contributed by atoms with E-state index >= 15 is 0 Å². The van der Waals surface area contributed by atoms with E-state index in [9.17, 15) is 0 Å². The molecular formula is C18H28N2O. The van der Waals surface area contributed by atoms with Gasteiger partial charge >= 0.3 is 0 Å². The molecule has 0 spiro atoms. The second-order valence-electron chi connectivity index (χ2n) is 6.66. The molecule has 0 amide bonds. The summed E-state index contributed by atoms with van der Waals surface area (Å²) in [5.74, 6) is 1.34. The third-order valence-electron chi connectivity index (χ3n) is 5.27. The second kappa shape index (κ2) is 6.91. The van der Waals surface area contributed by atoms with Gasteiger partial charge in [-0.25, -0.2) is 0 Å².